The van der Waals surface area contributed by atoms with Crippen molar-refractivity contribution in [3.63, 3.8) is 0 Å². The van der Waals surface area contributed by atoms with Crippen LogP contribution in [-0.2, 0) is 6.54 Å². The van der Waals surface area contributed by atoms with Gasteiger partial charge < -0.3 is 19.4 Å². The zero-order valence-corrected chi connectivity index (χ0v) is 17.4. The number of ether oxygens (including phenoxy) is 1. The third kappa shape index (κ3) is 4.61. The maximum Gasteiger partial charge on any atom is 0.422 e. The fraction of sp³-hybridized carbons (Fsp3) is 0.300. The van der Waals surface area contributed by atoms with E-state index < -0.39 is 24.7 Å². The Balaban J connectivity index is 1.52. The Kier molecular flexibility index (Phi) is 5.70. The van der Waals surface area contributed by atoms with E-state index in [1.165, 1.54) is 23.4 Å². The number of carbonyl (C=O) groups excluding carboxylic acids is 2. The number of aryl methyl sites for hydroxylation is 1. The van der Waals surface area contributed by atoms with E-state index in [0.717, 1.165) is 6.39 Å². The van der Waals surface area contributed by atoms with Crippen molar-refractivity contribution < 1.29 is 31.9 Å². The molecule has 0 bridgehead atoms. The molecule has 2 amide bonds. The lowest BCUT2D eigenvalue weighted by molar-refractivity contribution is -0.154. The summed E-state index contributed by atoms with van der Waals surface area (Å²) < 4.78 is 46.7. The van der Waals surface area contributed by atoms with Crippen LogP contribution >= 0.6 is 0 Å². The Morgan fingerprint density at radius 2 is 2.12 bits per heavy atom. The summed E-state index contributed by atoms with van der Waals surface area (Å²) in [6.45, 7) is 1.90. The molecule has 0 radical (unpaired) electrons. The van der Waals surface area contributed by atoms with Gasteiger partial charge in [-0.2, -0.15) is 13.2 Å². The fourth-order valence-corrected chi connectivity index (χ4v) is 3.32. The zero-order valence-electron chi connectivity index (χ0n) is 17.4. The Hall–Kier alpha value is -4.03. The molecular weight excluding hydrogens is 445 g/mol. The highest BCUT2D eigenvalue weighted by molar-refractivity contribution is 6.05. The molecule has 0 saturated carbocycles. The summed E-state index contributed by atoms with van der Waals surface area (Å²) in [5, 5.41) is 10.3. The van der Waals surface area contributed by atoms with Crippen molar-refractivity contribution in [1.82, 2.24) is 25.1 Å². The lowest BCUT2D eigenvalue weighted by atomic mass is 10.1. The minimum atomic E-state index is -4.50. The molecule has 1 aliphatic heterocycles. The number of amides is 2. The first kappa shape index (κ1) is 22.2. The second-order valence-corrected chi connectivity index (χ2v) is 7.28. The molecule has 1 aliphatic rings. The third-order valence-corrected chi connectivity index (χ3v) is 5.00. The SMILES string of the molecule is Cc1cc(C(C)N2Cc3c(ccnc3NC(=O)c3cocn3)C2=O)nnc1OCC(F)(F)F. The van der Waals surface area contributed by atoms with E-state index in [9.17, 15) is 22.8 Å². The second-order valence-electron chi connectivity index (χ2n) is 7.28. The standard InChI is InChI=1S/C20H17F3N6O4/c1-10-5-14(27-28-18(10)33-8-20(21,22)23)11(2)29-6-13-12(19(29)31)3-4-24-16(13)26-17(30)15-7-32-9-25-15/h3-5,7,9,11H,6,8H2,1-2H3,(H,24,26,30). The first-order chi connectivity index (χ1) is 15.6. The van der Waals surface area contributed by atoms with E-state index in [-0.39, 0.29) is 29.8 Å². The third-order valence-electron chi connectivity index (χ3n) is 5.00. The summed E-state index contributed by atoms with van der Waals surface area (Å²) in [6.07, 6.45) is -0.795. The van der Waals surface area contributed by atoms with Gasteiger partial charge in [-0.1, -0.05) is 0 Å². The molecule has 0 aliphatic carbocycles. The topological polar surface area (TPSA) is 123 Å². The molecule has 4 heterocycles. The maximum absolute atomic E-state index is 13.0. The first-order valence-electron chi connectivity index (χ1n) is 9.66. The smallest absolute Gasteiger partial charge is 0.422 e. The Labute approximate surface area is 184 Å². The largest absolute Gasteiger partial charge is 0.467 e. The van der Waals surface area contributed by atoms with Gasteiger partial charge in [-0.05, 0) is 26.0 Å². The number of rotatable bonds is 6. The highest BCUT2D eigenvalue weighted by Crippen LogP contribution is 2.34. The van der Waals surface area contributed by atoms with E-state index in [1.54, 1.807) is 19.9 Å². The number of nitrogens with one attached hydrogen (secondary N) is 1. The van der Waals surface area contributed by atoms with Crippen molar-refractivity contribution in [3.8, 4) is 5.88 Å². The number of halogens is 3. The number of nitrogens with zero attached hydrogens (tertiary/aromatic N) is 5. The molecule has 0 fully saturated rings. The molecule has 0 aromatic carbocycles. The number of hydrogen-bond acceptors (Lipinski definition) is 8. The van der Waals surface area contributed by atoms with Gasteiger partial charge in [0.25, 0.3) is 11.8 Å². The van der Waals surface area contributed by atoms with Crippen molar-refractivity contribution in [2.24, 2.45) is 0 Å². The van der Waals surface area contributed by atoms with Crippen LogP contribution in [0.25, 0.3) is 0 Å². The molecule has 3 aromatic heterocycles. The van der Waals surface area contributed by atoms with Crippen LogP contribution in [0.1, 0.15) is 50.6 Å². The van der Waals surface area contributed by atoms with E-state index in [2.05, 4.69) is 30.2 Å². The van der Waals surface area contributed by atoms with Gasteiger partial charge >= 0.3 is 6.18 Å². The van der Waals surface area contributed by atoms with Crippen LogP contribution in [0.3, 0.4) is 0 Å². The van der Waals surface area contributed by atoms with E-state index >= 15 is 0 Å². The predicted octanol–water partition coefficient (Wildman–Crippen LogP) is 3.08. The summed E-state index contributed by atoms with van der Waals surface area (Å²) in [5.74, 6) is -0.878. The molecule has 33 heavy (non-hydrogen) atoms. The van der Waals surface area contributed by atoms with Gasteiger partial charge in [0.2, 0.25) is 5.88 Å². The number of alkyl halides is 3. The minimum absolute atomic E-state index is 0.0579. The van der Waals surface area contributed by atoms with Crippen LogP contribution in [0.15, 0.2) is 35.4 Å². The Morgan fingerprint density at radius 3 is 2.79 bits per heavy atom. The van der Waals surface area contributed by atoms with Crippen LogP contribution in [-0.4, -0.2) is 49.7 Å². The quantitative estimate of drug-likeness (QED) is 0.593. The minimum Gasteiger partial charge on any atom is -0.467 e. The lowest BCUT2D eigenvalue weighted by Gasteiger charge is -2.24. The molecule has 0 saturated heterocycles. The van der Waals surface area contributed by atoms with Gasteiger partial charge in [-0.15, -0.1) is 10.2 Å². The zero-order chi connectivity index (χ0) is 23.8. The lowest BCUT2D eigenvalue weighted by Crippen LogP contribution is -2.28. The summed E-state index contributed by atoms with van der Waals surface area (Å²) in [6, 6.07) is 2.50. The van der Waals surface area contributed by atoms with Crippen molar-refractivity contribution in [1.29, 1.82) is 0 Å². The number of hydrogen-bond donors (Lipinski definition) is 1. The summed E-state index contributed by atoms with van der Waals surface area (Å²) >= 11 is 0. The van der Waals surface area contributed by atoms with Crippen LogP contribution in [0.4, 0.5) is 19.0 Å². The molecule has 1 unspecified atom stereocenters. The molecular formula is C20H17F3N6O4. The number of carbonyl (C=O) groups is 2. The second kappa shape index (κ2) is 8.48. The monoisotopic (exact) mass is 462 g/mol. The van der Waals surface area contributed by atoms with Gasteiger partial charge in [0.05, 0.1) is 18.3 Å². The van der Waals surface area contributed by atoms with E-state index in [4.69, 9.17) is 4.42 Å². The molecule has 13 heteroatoms. The molecule has 1 N–H and O–H groups in total. The molecule has 4 rings (SSSR count). The number of fused-ring (bicyclic) bond motifs is 1. The highest BCUT2D eigenvalue weighted by Gasteiger charge is 2.35. The summed E-state index contributed by atoms with van der Waals surface area (Å²) in [4.78, 5) is 34.7. The van der Waals surface area contributed by atoms with Gasteiger partial charge in [-0.3, -0.25) is 9.59 Å². The Bertz CT molecular complexity index is 1200. The normalized spacial score (nSPS) is 14.2. The van der Waals surface area contributed by atoms with Gasteiger partial charge in [-0.25, -0.2) is 9.97 Å². The maximum atomic E-state index is 13.0. The van der Waals surface area contributed by atoms with Crippen molar-refractivity contribution in [2.45, 2.75) is 32.6 Å². The number of pyridine rings is 1. The molecule has 10 nitrogen and oxygen atoms in total. The number of oxazole rings is 1. The van der Waals surface area contributed by atoms with Crippen LogP contribution in [0.2, 0.25) is 0 Å². The highest BCUT2D eigenvalue weighted by atomic mass is 19.4. The van der Waals surface area contributed by atoms with Crippen molar-refractivity contribution in [2.75, 3.05) is 11.9 Å². The average Bonchev–Trinajstić information content (AvgIpc) is 3.41. The van der Waals surface area contributed by atoms with Gasteiger partial charge in [0, 0.05) is 22.9 Å². The van der Waals surface area contributed by atoms with Crippen molar-refractivity contribution in [3.05, 3.63) is 59.1 Å². The summed E-state index contributed by atoms with van der Waals surface area (Å²) in [5.41, 5.74) is 1.65. The van der Waals surface area contributed by atoms with Gasteiger partial charge in [0.15, 0.2) is 18.7 Å². The average molecular weight is 462 g/mol. The molecule has 172 valence electrons. The summed E-state index contributed by atoms with van der Waals surface area (Å²) in [7, 11) is 0. The molecule has 1 atom stereocenters. The first-order valence-corrected chi connectivity index (χ1v) is 9.66. The van der Waals surface area contributed by atoms with Crippen LogP contribution < -0.4 is 10.1 Å². The van der Waals surface area contributed by atoms with Crippen molar-refractivity contribution >= 4 is 17.6 Å². The van der Waals surface area contributed by atoms with E-state index in [1.807, 2.05) is 0 Å². The molecule has 3 aromatic rings. The Morgan fingerprint density at radius 1 is 1.33 bits per heavy atom. The number of anilines is 1. The van der Waals surface area contributed by atoms with Crippen LogP contribution in [0, 0.1) is 6.92 Å². The predicted molar refractivity (Wildman–Crippen MR) is 105 cm³/mol. The fourth-order valence-electron chi connectivity index (χ4n) is 3.32. The van der Waals surface area contributed by atoms with Gasteiger partial charge in [0.1, 0.15) is 12.1 Å². The molecule has 0 spiro atoms. The number of aromatic nitrogens is 4. The van der Waals surface area contributed by atoms with Crippen LogP contribution in [0.5, 0.6) is 5.88 Å². The van der Waals surface area contributed by atoms with E-state index in [0.29, 0.717) is 22.4 Å².